The van der Waals surface area contributed by atoms with Crippen LogP contribution in [0.4, 0.5) is 0 Å². The van der Waals surface area contributed by atoms with E-state index in [1.165, 1.54) is 5.56 Å². The van der Waals surface area contributed by atoms with Gasteiger partial charge in [0.2, 0.25) is 0 Å². The quantitative estimate of drug-likeness (QED) is 0.757. The summed E-state index contributed by atoms with van der Waals surface area (Å²) in [5, 5.41) is 2.26. The summed E-state index contributed by atoms with van der Waals surface area (Å²) in [7, 11) is 3.26. The molecule has 0 bridgehead atoms. The van der Waals surface area contributed by atoms with Crippen molar-refractivity contribution in [2.45, 2.75) is 13.3 Å². The molecule has 0 aliphatic rings. The minimum absolute atomic E-state index is 0.216. The molecule has 2 aromatic carbocycles. The van der Waals surface area contributed by atoms with E-state index < -0.39 is 0 Å². The number of benzene rings is 2. The Hall–Kier alpha value is -1.74. The lowest BCUT2D eigenvalue weighted by Gasteiger charge is -2.15. The minimum atomic E-state index is 0.216. The van der Waals surface area contributed by atoms with E-state index in [9.17, 15) is 0 Å². The van der Waals surface area contributed by atoms with Gasteiger partial charge in [-0.1, -0.05) is 31.2 Å². The lowest BCUT2D eigenvalue weighted by atomic mass is 10.0. The van der Waals surface area contributed by atoms with E-state index >= 15 is 0 Å². The Morgan fingerprint density at radius 1 is 1.06 bits per heavy atom. The van der Waals surface area contributed by atoms with Crippen molar-refractivity contribution >= 4 is 10.8 Å². The van der Waals surface area contributed by atoms with Crippen molar-refractivity contribution in [3.63, 3.8) is 0 Å². The second-order valence-electron chi connectivity index (χ2n) is 4.02. The van der Waals surface area contributed by atoms with Gasteiger partial charge < -0.3 is 14.2 Å². The molecule has 0 unspecified atom stereocenters. The molecule has 0 aromatic heterocycles. The molecule has 0 aliphatic heterocycles. The molecular weight excluding hydrogens is 228 g/mol. The molecule has 0 spiro atoms. The van der Waals surface area contributed by atoms with Crippen molar-refractivity contribution in [2.75, 3.05) is 21.0 Å². The van der Waals surface area contributed by atoms with Crippen LogP contribution in [0.25, 0.3) is 10.8 Å². The molecule has 18 heavy (non-hydrogen) atoms. The Morgan fingerprint density at radius 2 is 1.89 bits per heavy atom. The van der Waals surface area contributed by atoms with Gasteiger partial charge >= 0.3 is 0 Å². The highest BCUT2D eigenvalue weighted by Crippen LogP contribution is 2.37. The largest absolute Gasteiger partial charge is 0.493 e. The van der Waals surface area contributed by atoms with E-state index in [1.807, 2.05) is 12.1 Å². The maximum Gasteiger partial charge on any atom is 0.188 e. The van der Waals surface area contributed by atoms with Gasteiger partial charge in [-0.2, -0.15) is 0 Å². The molecule has 0 saturated heterocycles. The molecule has 0 atom stereocenters. The summed E-state index contributed by atoms with van der Waals surface area (Å²) in [6.45, 7) is 2.35. The Bertz CT molecular complexity index is 534. The van der Waals surface area contributed by atoms with Gasteiger partial charge in [0.05, 0.1) is 7.11 Å². The summed E-state index contributed by atoms with van der Waals surface area (Å²) in [6.07, 6.45) is 0.952. The Morgan fingerprint density at radius 3 is 2.56 bits per heavy atom. The van der Waals surface area contributed by atoms with E-state index in [4.69, 9.17) is 14.2 Å². The molecule has 0 fully saturated rings. The highest BCUT2D eigenvalue weighted by Gasteiger charge is 2.12. The Labute approximate surface area is 107 Å². The summed E-state index contributed by atoms with van der Waals surface area (Å²) in [6, 6.07) is 10.2. The van der Waals surface area contributed by atoms with E-state index in [1.54, 1.807) is 14.2 Å². The molecule has 0 radical (unpaired) electrons. The molecular formula is C15H18O3. The standard InChI is InChI=1S/C15H18O3/c1-4-11-6-5-7-12-8-9-13(17-3)15(14(11)12)18-10-16-2/h5-9H,4,10H2,1-3H3. The van der Waals surface area contributed by atoms with Crippen LogP contribution < -0.4 is 9.47 Å². The van der Waals surface area contributed by atoms with Gasteiger partial charge in [0.15, 0.2) is 18.3 Å². The number of ether oxygens (including phenoxy) is 3. The highest BCUT2D eigenvalue weighted by atomic mass is 16.7. The zero-order chi connectivity index (χ0) is 13.0. The van der Waals surface area contributed by atoms with Crippen LogP contribution in [-0.4, -0.2) is 21.0 Å². The smallest absolute Gasteiger partial charge is 0.188 e. The van der Waals surface area contributed by atoms with Crippen LogP contribution in [0.1, 0.15) is 12.5 Å². The number of aryl methyl sites for hydroxylation is 1. The van der Waals surface area contributed by atoms with E-state index in [0.717, 1.165) is 28.7 Å². The third-order valence-electron chi connectivity index (χ3n) is 2.97. The maximum atomic E-state index is 5.69. The summed E-state index contributed by atoms with van der Waals surface area (Å²) in [5.74, 6) is 1.50. The Kier molecular flexibility index (Phi) is 4.05. The number of methoxy groups -OCH3 is 2. The van der Waals surface area contributed by atoms with Gasteiger partial charge in [-0.05, 0) is 23.4 Å². The second kappa shape index (κ2) is 5.74. The minimum Gasteiger partial charge on any atom is -0.493 e. The van der Waals surface area contributed by atoms with E-state index in [-0.39, 0.29) is 6.79 Å². The summed E-state index contributed by atoms with van der Waals surface area (Å²) in [4.78, 5) is 0. The molecule has 0 saturated carbocycles. The van der Waals surface area contributed by atoms with Crippen molar-refractivity contribution < 1.29 is 14.2 Å². The van der Waals surface area contributed by atoms with Crippen LogP contribution in [0.15, 0.2) is 30.3 Å². The van der Waals surface area contributed by atoms with Gasteiger partial charge in [-0.3, -0.25) is 0 Å². The fraction of sp³-hybridized carbons (Fsp3) is 0.333. The SMILES string of the molecule is CCc1cccc2ccc(OC)c(OCOC)c12. The van der Waals surface area contributed by atoms with Crippen molar-refractivity contribution in [3.05, 3.63) is 35.9 Å². The third-order valence-corrected chi connectivity index (χ3v) is 2.97. The van der Waals surface area contributed by atoms with Crippen LogP contribution in [0, 0.1) is 0 Å². The summed E-state index contributed by atoms with van der Waals surface area (Å²) < 4.78 is 16.0. The zero-order valence-electron chi connectivity index (χ0n) is 11.0. The monoisotopic (exact) mass is 246 g/mol. The van der Waals surface area contributed by atoms with Crippen LogP contribution >= 0.6 is 0 Å². The van der Waals surface area contributed by atoms with Crippen molar-refractivity contribution in [1.82, 2.24) is 0 Å². The van der Waals surface area contributed by atoms with Gasteiger partial charge in [0.1, 0.15) is 0 Å². The molecule has 0 N–H and O–H groups in total. The van der Waals surface area contributed by atoms with Gasteiger partial charge in [-0.15, -0.1) is 0 Å². The molecule has 96 valence electrons. The topological polar surface area (TPSA) is 27.7 Å². The number of fused-ring (bicyclic) bond motifs is 1. The zero-order valence-corrected chi connectivity index (χ0v) is 11.0. The average molecular weight is 246 g/mol. The van der Waals surface area contributed by atoms with E-state index in [0.29, 0.717) is 0 Å². The van der Waals surface area contributed by atoms with Gasteiger partial charge in [0, 0.05) is 12.5 Å². The predicted molar refractivity (Wildman–Crippen MR) is 72.4 cm³/mol. The van der Waals surface area contributed by atoms with Gasteiger partial charge in [-0.25, -0.2) is 0 Å². The first kappa shape index (κ1) is 12.7. The fourth-order valence-corrected chi connectivity index (χ4v) is 2.12. The van der Waals surface area contributed by atoms with Crippen molar-refractivity contribution in [1.29, 1.82) is 0 Å². The first-order chi connectivity index (χ1) is 8.81. The van der Waals surface area contributed by atoms with Gasteiger partial charge in [0.25, 0.3) is 0 Å². The molecule has 0 heterocycles. The fourth-order valence-electron chi connectivity index (χ4n) is 2.12. The average Bonchev–Trinajstić information content (AvgIpc) is 2.43. The molecule has 2 aromatic rings. The molecule has 3 heteroatoms. The first-order valence-corrected chi connectivity index (χ1v) is 6.02. The van der Waals surface area contributed by atoms with Crippen molar-refractivity contribution in [2.24, 2.45) is 0 Å². The molecule has 0 amide bonds. The van der Waals surface area contributed by atoms with Crippen LogP contribution in [0.5, 0.6) is 11.5 Å². The third kappa shape index (κ3) is 2.27. The molecule has 2 rings (SSSR count). The summed E-state index contributed by atoms with van der Waals surface area (Å²) >= 11 is 0. The maximum absolute atomic E-state index is 5.69. The number of hydrogen-bond acceptors (Lipinski definition) is 3. The molecule has 0 aliphatic carbocycles. The Balaban J connectivity index is 2.66. The summed E-state index contributed by atoms with van der Waals surface area (Å²) in [5.41, 5.74) is 1.25. The normalized spacial score (nSPS) is 10.6. The number of hydrogen-bond donors (Lipinski definition) is 0. The second-order valence-corrected chi connectivity index (χ2v) is 4.02. The van der Waals surface area contributed by atoms with Crippen molar-refractivity contribution in [3.8, 4) is 11.5 Å². The van der Waals surface area contributed by atoms with Crippen LogP contribution in [0.2, 0.25) is 0 Å². The lowest BCUT2D eigenvalue weighted by Crippen LogP contribution is -2.02. The number of rotatable bonds is 5. The highest BCUT2D eigenvalue weighted by molar-refractivity contribution is 5.93. The van der Waals surface area contributed by atoms with Crippen LogP contribution in [-0.2, 0) is 11.2 Å². The lowest BCUT2D eigenvalue weighted by molar-refractivity contribution is 0.0503. The van der Waals surface area contributed by atoms with Crippen LogP contribution in [0.3, 0.4) is 0 Å². The predicted octanol–water partition coefficient (Wildman–Crippen LogP) is 3.39. The first-order valence-electron chi connectivity index (χ1n) is 6.02. The molecule has 3 nitrogen and oxygen atoms in total. The van der Waals surface area contributed by atoms with E-state index in [2.05, 4.69) is 25.1 Å².